The van der Waals surface area contributed by atoms with Crippen molar-refractivity contribution >= 4 is 11.9 Å². The molecule has 1 aliphatic heterocycles. The molecule has 1 saturated heterocycles. The van der Waals surface area contributed by atoms with Gasteiger partial charge in [-0.05, 0) is 24.7 Å². The van der Waals surface area contributed by atoms with Crippen molar-refractivity contribution in [1.29, 1.82) is 0 Å². The standard InChI is InChI=1S/C14H19NO4/c16-7-8-3-4-15(6-8)13(17)11-9-1-2-10(5-9)12(11)14(18)19/h1-2,8-12,16H,3-7H2,(H,18,19)/t8?,9?,10?,11-,12+/m0/s1. The molecule has 104 valence electrons. The van der Waals surface area contributed by atoms with E-state index in [9.17, 15) is 14.7 Å². The number of rotatable bonds is 3. The van der Waals surface area contributed by atoms with Gasteiger partial charge in [0.25, 0.3) is 0 Å². The number of nitrogens with zero attached hydrogens (tertiary/aromatic N) is 1. The van der Waals surface area contributed by atoms with Gasteiger partial charge in [0, 0.05) is 25.6 Å². The Balaban J connectivity index is 1.76. The molecule has 5 heteroatoms. The predicted molar refractivity (Wildman–Crippen MR) is 67.1 cm³/mol. The minimum atomic E-state index is -0.854. The Labute approximate surface area is 111 Å². The lowest BCUT2D eigenvalue weighted by molar-refractivity contribution is -0.150. The van der Waals surface area contributed by atoms with Crippen LogP contribution in [0.3, 0.4) is 0 Å². The first-order chi connectivity index (χ1) is 9.11. The number of carbonyl (C=O) groups excluding carboxylic acids is 1. The number of allylic oxidation sites excluding steroid dienone is 2. The minimum absolute atomic E-state index is 0.0210. The normalized spacial score (nSPS) is 40.1. The van der Waals surface area contributed by atoms with Crippen molar-refractivity contribution in [2.45, 2.75) is 12.8 Å². The predicted octanol–water partition coefficient (Wildman–Crippen LogP) is 0.350. The van der Waals surface area contributed by atoms with Crippen molar-refractivity contribution in [3.63, 3.8) is 0 Å². The molecule has 0 aromatic heterocycles. The second-order valence-electron chi connectivity index (χ2n) is 5.96. The van der Waals surface area contributed by atoms with E-state index < -0.39 is 17.8 Å². The van der Waals surface area contributed by atoms with E-state index >= 15 is 0 Å². The molecule has 0 radical (unpaired) electrons. The van der Waals surface area contributed by atoms with Crippen LogP contribution in [0.5, 0.6) is 0 Å². The summed E-state index contributed by atoms with van der Waals surface area (Å²) in [6.45, 7) is 1.32. The summed E-state index contributed by atoms with van der Waals surface area (Å²) in [5, 5.41) is 18.5. The van der Waals surface area contributed by atoms with Gasteiger partial charge in [0.2, 0.25) is 5.91 Å². The van der Waals surface area contributed by atoms with E-state index in [0.717, 1.165) is 12.8 Å². The second kappa shape index (κ2) is 4.63. The molecule has 2 fully saturated rings. The number of carbonyl (C=O) groups is 2. The molecule has 3 rings (SSSR count). The monoisotopic (exact) mass is 265 g/mol. The first-order valence-electron chi connectivity index (χ1n) is 6.92. The Morgan fingerprint density at radius 3 is 2.47 bits per heavy atom. The summed E-state index contributed by atoms with van der Waals surface area (Å²) in [5.74, 6) is -1.57. The van der Waals surface area contributed by atoms with Crippen molar-refractivity contribution in [1.82, 2.24) is 4.90 Å². The van der Waals surface area contributed by atoms with E-state index in [4.69, 9.17) is 5.11 Å². The third-order valence-corrected chi connectivity index (χ3v) is 4.89. The van der Waals surface area contributed by atoms with Crippen molar-refractivity contribution in [3.8, 4) is 0 Å². The summed E-state index contributed by atoms with van der Waals surface area (Å²) in [6, 6.07) is 0. The Bertz CT molecular complexity index is 433. The first-order valence-corrected chi connectivity index (χ1v) is 6.92. The third-order valence-electron chi connectivity index (χ3n) is 4.89. The lowest BCUT2D eigenvalue weighted by atomic mass is 9.82. The average Bonchev–Trinajstić information content (AvgIpc) is 3.11. The van der Waals surface area contributed by atoms with Crippen LogP contribution in [-0.2, 0) is 9.59 Å². The van der Waals surface area contributed by atoms with E-state index in [1.165, 1.54) is 0 Å². The van der Waals surface area contributed by atoms with Crippen LogP contribution in [0.25, 0.3) is 0 Å². The van der Waals surface area contributed by atoms with Gasteiger partial charge >= 0.3 is 5.97 Å². The number of hydrogen-bond acceptors (Lipinski definition) is 3. The number of aliphatic carboxylic acids is 1. The molecule has 0 spiro atoms. The maximum absolute atomic E-state index is 12.6. The zero-order valence-corrected chi connectivity index (χ0v) is 10.7. The van der Waals surface area contributed by atoms with Gasteiger partial charge in [0.1, 0.15) is 0 Å². The van der Waals surface area contributed by atoms with Crippen LogP contribution < -0.4 is 0 Å². The molecule has 1 heterocycles. The van der Waals surface area contributed by atoms with Gasteiger partial charge < -0.3 is 15.1 Å². The van der Waals surface area contributed by atoms with Crippen LogP contribution in [0.1, 0.15) is 12.8 Å². The summed E-state index contributed by atoms with van der Waals surface area (Å²) < 4.78 is 0. The maximum atomic E-state index is 12.6. The fourth-order valence-corrected chi connectivity index (χ4v) is 3.89. The molecule has 5 atom stereocenters. The summed E-state index contributed by atoms with van der Waals surface area (Å²) in [4.78, 5) is 25.7. The summed E-state index contributed by atoms with van der Waals surface area (Å²) in [7, 11) is 0. The largest absolute Gasteiger partial charge is 0.481 e. The van der Waals surface area contributed by atoms with Crippen LogP contribution >= 0.6 is 0 Å². The zero-order valence-electron chi connectivity index (χ0n) is 10.7. The van der Waals surface area contributed by atoms with E-state index in [2.05, 4.69) is 0 Å². The van der Waals surface area contributed by atoms with Gasteiger partial charge in [-0.2, -0.15) is 0 Å². The van der Waals surface area contributed by atoms with Gasteiger partial charge in [0.15, 0.2) is 0 Å². The third kappa shape index (κ3) is 1.96. The molecule has 1 saturated carbocycles. The molecule has 19 heavy (non-hydrogen) atoms. The molecule has 2 aliphatic carbocycles. The summed E-state index contributed by atoms with van der Waals surface area (Å²) in [5.41, 5.74) is 0. The molecule has 2 bridgehead atoms. The quantitative estimate of drug-likeness (QED) is 0.722. The van der Waals surface area contributed by atoms with Crippen molar-refractivity contribution in [3.05, 3.63) is 12.2 Å². The number of likely N-dealkylation sites (tertiary alicyclic amines) is 1. The van der Waals surface area contributed by atoms with Crippen molar-refractivity contribution < 1.29 is 19.8 Å². The number of amides is 1. The van der Waals surface area contributed by atoms with E-state index in [-0.39, 0.29) is 30.3 Å². The number of carboxylic acid groups (broad SMARTS) is 1. The Morgan fingerprint density at radius 2 is 1.89 bits per heavy atom. The number of hydrogen-bond donors (Lipinski definition) is 2. The van der Waals surface area contributed by atoms with Crippen LogP contribution in [0.2, 0.25) is 0 Å². The number of aliphatic hydroxyl groups excluding tert-OH is 1. The van der Waals surface area contributed by atoms with Crippen LogP contribution in [0.15, 0.2) is 12.2 Å². The summed E-state index contributed by atoms with van der Waals surface area (Å²) in [6.07, 6.45) is 5.57. The molecule has 0 aromatic rings. The first kappa shape index (κ1) is 12.7. The summed E-state index contributed by atoms with van der Waals surface area (Å²) >= 11 is 0. The number of aliphatic hydroxyl groups is 1. The molecule has 2 N–H and O–H groups in total. The van der Waals surface area contributed by atoms with E-state index in [1.54, 1.807) is 4.90 Å². The van der Waals surface area contributed by atoms with Gasteiger partial charge in [-0.3, -0.25) is 9.59 Å². The maximum Gasteiger partial charge on any atom is 0.307 e. The average molecular weight is 265 g/mol. The molecule has 0 aromatic carbocycles. The highest BCUT2D eigenvalue weighted by molar-refractivity contribution is 5.87. The van der Waals surface area contributed by atoms with E-state index in [0.29, 0.717) is 13.1 Å². The van der Waals surface area contributed by atoms with Gasteiger partial charge in [-0.15, -0.1) is 0 Å². The van der Waals surface area contributed by atoms with Crippen LogP contribution in [-0.4, -0.2) is 46.7 Å². The molecular weight excluding hydrogens is 246 g/mol. The van der Waals surface area contributed by atoms with Crippen LogP contribution in [0, 0.1) is 29.6 Å². The molecule has 1 amide bonds. The second-order valence-corrected chi connectivity index (χ2v) is 5.96. The number of carboxylic acids is 1. The molecule has 3 aliphatic rings. The molecular formula is C14H19NO4. The van der Waals surface area contributed by atoms with Gasteiger partial charge in [-0.25, -0.2) is 0 Å². The zero-order chi connectivity index (χ0) is 13.6. The van der Waals surface area contributed by atoms with Crippen molar-refractivity contribution in [2.24, 2.45) is 29.6 Å². The van der Waals surface area contributed by atoms with Crippen molar-refractivity contribution in [2.75, 3.05) is 19.7 Å². The van der Waals surface area contributed by atoms with E-state index in [1.807, 2.05) is 12.2 Å². The van der Waals surface area contributed by atoms with Gasteiger partial charge in [-0.1, -0.05) is 12.2 Å². The molecule has 3 unspecified atom stereocenters. The fourth-order valence-electron chi connectivity index (χ4n) is 3.89. The fraction of sp³-hybridized carbons (Fsp3) is 0.714. The Hall–Kier alpha value is -1.36. The number of fused-ring (bicyclic) bond motifs is 2. The highest BCUT2D eigenvalue weighted by atomic mass is 16.4. The minimum Gasteiger partial charge on any atom is -0.481 e. The van der Waals surface area contributed by atoms with Gasteiger partial charge in [0.05, 0.1) is 11.8 Å². The highest BCUT2D eigenvalue weighted by Crippen LogP contribution is 2.49. The Kier molecular flexibility index (Phi) is 3.09. The smallest absolute Gasteiger partial charge is 0.307 e. The Morgan fingerprint density at radius 1 is 1.21 bits per heavy atom. The lowest BCUT2D eigenvalue weighted by Crippen LogP contribution is -2.42. The molecule has 5 nitrogen and oxygen atoms in total. The SMILES string of the molecule is O=C(O)[C@@H]1C2C=CC(C2)[C@@H]1C(=O)N1CCC(CO)C1. The topological polar surface area (TPSA) is 77.8 Å². The lowest BCUT2D eigenvalue weighted by Gasteiger charge is -2.28. The van der Waals surface area contributed by atoms with Crippen LogP contribution in [0.4, 0.5) is 0 Å². The highest BCUT2D eigenvalue weighted by Gasteiger charge is 2.53.